The molecule has 2 rings (SSSR count). The molecule has 0 aromatic carbocycles. The highest BCUT2D eigenvalue weighted by Gasteiger charge is 2.31. The number of aryl methyl sites for hydroxylation is 1. The molecule has 0 aliphatic rings. The Morgan fingerprint density at radius 3 is 2.59 bits per heavy atom. The van der Waals surface area contributed by atoms with Crippen LogP contribution in [-0.4, -0.2) is 21.8 Å². The Bertz CT molecular complexity index is 689. The van der Waals surface area contributed by atoms with Crippen LogP contribution in [0.3, 0.4) is 0 Å². The fraction of sp³-hybridized carbons (Fsp3) is 0.467. The van der Waals surface area contributed by atoms with Gasteiger partial charge in [-0.15, -0.1) is 0 Å². The number of alkyl halides is 3. The lowest BCUT2D eigenvalue weighted by molar-refractivity contribution is -0.137. The van der Waals surface area contributed by atoms with Crippen molar-refractivity contribution in [3.63, 3.8) is 0 Å². The Kier molecular flexibility index (Phi) is 4.44. The third-order valence-corrected chi connectivity index (χ3v) is 3.24. The van der Waals surface area contributed by atoms with Gasteiger partial charge < -0.3 is 5.32 Å². The zero-order valence-corrected chi connectivity index (χ0v) is 12.7. The number of nitrogens with zero attached hydrogens (tertiary/aromatic N) is 2. The zero-order chi connectivity index (χ0) is 16.5. The maximum Gasteiger partial charge on any atom is 0.417 e. The molecule has 0 atom stereocenters. The summed E-state index contributed by atoms with van der Waals surface area (Å²) in [7, 11) is 0. The summed E-state index contributed by atoms with van der Waals surface area (Å²) in [5, 5.41) is 2.73. The second-order valence-electron chi connectivity index (χ2n) is 5.51. The summed E-state index contributed by atoms with van der Waals surface area (Å²) in [6, 6.07) is 2.25. The third kappa shape index (κ3) is 3.23. The van der Waals surface area contributed by atoms with Crippen molar-refractivity contribution in [3.8, 4) is 0 Å². The first-order valence-electron chi connectivity index (χ1n) is 7.10. The SMILES string of the molecule is CCc1nc2ccc(C(F)(F)F)cn2c1C(=O)NCC(C)C. The number of imidazole rings is 1. The highest BCUT2D eigenvalue weighted by atomic mass is 19.4. The summed E-state index contributed by atoms with van der Waals surface area (Å²) in [5.41, 5.74) is 0.183. The number of fused-ring (bicyclic) bond motifs is 1. The van der Waals surface area contributed by atoms with E-state index < -0.39 is 17.6 Å². The van der Waals surface area contributed by atoms with Crippen LogP contribution in [0.5, 0.6) is 0 Å². The molecular formula is C15H18F3N3O. The molecule has 2 aromatic heterocycles. The first-order chi connectivity index (χ1) is 10.2. The minimum atomic E-state index is -4.46. The molecule has 1 amide bonds. The fourth-order valence-corrected chi connectivity index (χ4v) is 2.13. The molecule has 2 heterocycles. The van der Waals surface area contributed by atoms with Crippen LogP contribution >= 0.6 is 0 Å². The molecule has 0 unspecified atom stereocenters. The number of carbonyl (C=O) groups is 1. The molecule has 0 saturated heterocycles. The number of halogens is 3. The minimum absolute atomic E-state index is 0.171. The van der Waals surface area contributed by atoms with Crippen molar-refractivity contribution in [3.05, 3.63) is 35.3 Å². The van der Waals surface area contributed by atoms with E-state index in [1.165, 1.54) is 10.5 Å². The molecule has 4 nitrogen and oxygen atoms in total. The molecular weight excluding hydrogens is 295 g/mol. The van der Waals surface area contributed by atoms with Crippen molar-refractivity contribution in [2.45, 2.75) is 33.4 Å². The predicted molar refractivity (Wildman–Crippen MR) is 76.7 cm³/mol. The van der Waals surface area contributed by atoms with Gasteiger partial charge in [0, 0.05) is 12.7 Å². The van der Waals surface area contributed by atoms with E-state index in [2.05, 4.69) is 10.3 Å². The molecule has 0 bridgehead atoms. The van der Waals surface area contributed by atoms with Crippen LogP contribution < -0.4 is 5.32 Å². The van der Waals surface area contributed by atoms with Gasteiger partial charge in [-0.2, -0.15) is 13.2 Å². The van der Waals surface area contributed by atoms with Crippen molar-refractivity contribution in [1.29, 1.82) is 0 Å². The Labute approximate surface area is 126 Å². The lowest BCUT2D eigenvalue weighted by Gasteiger charge is -2.10. The molecule has 120 valence electrons. The largest absolute Gasteiger partial charge is 0.417 e. The normalized spacial score (nSPS) is 12.1. The Morgan fingerprint density at radius 1 is 1.36 bits per heavy atom. The van der Waals surface area contributed by atoms with Gasteiger partial charge in [0.2, 0.25) is 0 Å². The van der Waals surface area contributed by atoms with Crippen LogP contribution in [0.25, 0.3) is 5.65 Å². The van der Waals surface area contributed by atoms with Crippen LogP contribution in [0, 0.1) is 5.92 Å². The maximum absolute atomic E-state index is 12.9. The number of rotatable bonds is 4. The predicted octanol–water partition coefficient (Wildman–Crippen LogP) is 3.30. The van der Waals surface area contributed by atoms with Gasteiger partial charge in [0.15, 0.2) is 0 Å². The van der Waals surface area contributed by atoms with Gasteiger partial charge >= 0.3 is 6.18 Å². The fourth-order valence-electron chi connectivity index (χ4n) is 2.13. The number of aromatic nitrogens is 2. The van der Waals surface area contributed by atoms with Gasteiger partial charge in [0.1, 0.15) is 11.3 Å². The van der Waals surface area contributed by atoms with E-state index in [9.17, 15) is 18.0 Å². The number of hydrogen-bond donors (Lipinski definition) is 1. The quantitative estimate of drug-likeness (QED) is 0.941. The molecule has 22 heavy (non-hydrogen) atoms. The number of pyridine rings is 1. The Balaban J connectivity index is 2.52. The summed E-state index contributed by atoms with van der Waals surface area (Å²) >= 11 is 0. The topological polar surface area (TPSA) is 46.4 Å². The third-order valence-electron chi connectivity index (χ3n) is 3.24. The second-order valence-corrected chi connectivity index (χ2v) is 5.51. The first kappa shape index (κ1) is 16.3. The maximum atomic E-state index is 12.9. The number of hydrogen-bond acceptors (Lipinski definition) is 2. The van der Waals surface area contributed by atoms with Crippen molar-refractivity contribution < 1.29 is 18.0 Å². The Morgan fingerprint density at radius 2 is 2.05 bits per heavy atom. The zero-order valence-electron chi connectivity index (χ0n) is 12.7. The molecule has 7 heteroatoms. The van der Waals surface area contributed by atoms with Gasteiger partial charge in [0.25, 0.3) is 5.91 Å². The smallest absolute Gasteiger partial charge is 0.350 e. The molecule has 1 N–H and O–H groups in total. The number of amides is 1. The second kappa shape index (κ2) is 5.98. The summed E-state index contributed by atoms with van der Waals surface area (Å²) < 4.78 is 39.8. The van der Waals surface area contributed by atoms with Crippen LogP contribution in [0.15, 0.2) is 18.3 Å². The summed E-state index contributed by atoms with van der Waals surface area (Å²) in [4.78, 5) is 16.5. The molecule has 0 saturated carbocycles. The van der Waals surface area contributed by atoms with E-state index in [4.69, 9.17) is 0 Å². The highest BCUT2D eigenvalue weighted by molar-refractivity contribution is 5.94. The summed E-state index contributed by atoms with van der Waals surface area (Å²) in [6.07, 6.45) is -3.07. The molecule has 0 fully saturated rings. The van der Waals surface area contributed by atoms with Crippen LogP contribution in [-0.2, 0) is 12.6 Å². The standard InChI is InChI=1S/C15H18F3N3O/c1-4-11-13(14(22)19-7-9(2)3)21-8-10(15(16,17)18)5-6-12(21)20-11/h5-6,8-9H,4,7H2,1-3H3,(H,19,22). The van der Waals surface area contributed by atoms with E-state index >= 15 is 0 Å². The lowest BCUT2D eigenvalue weighted by Crippen LogP contribution is -2.29. The first-order valence-corrected chi connectivity index (χ1v) is 7.10. The lowest BCUT2D eigenvalue weighted by atomic mass is 10.2. The van der Waals surface area contributed by atoms with Crippen LogP contribution in [0.4, 0.5) is 13.2 Å². The van der Waals surface area contributed by atoms with E-state index in [-0.39, 0.29) is 11.6 Å². The van der Waals surface area contributed by atoms with Gasteiger partial charge in [-0.25, -0.2) is 4.98 Å². The van der Waals surface area contributed by atoms with Gasteiger partial charge in [-0.1, -0.05) is 20.8 Å². The van der Waals surface area contributed by atoms with Crippen LogP contribution in [0.1, 0.15) is 42.5 Å². The van der Waals surface area contributed by atoms with Crippen LogP contribution in [0.2, 0.25) is 0 Å². The average molecular weight is 313 g/mol. The molecule has 0 aliphatic carbocycles. The molecule has 2 aromatic rings. The monoisotopic (exact) mass is 313 g/mol. The van der Waals surface area contributed by atoms with E-state index in [0.717, 1.165) is 12.3 Å². The van der Waals surface area contributed by atoms with Gasteiger partial charge in [0.05, 0.1) is 11.3 Å². The number of carbonyl (C=O) groups excluding carboxylic acids is 1. The van der Waals surface area contributed by atoms with Crippen molar-refractivity contribution in [2.24, 2.45) is 5.92 Å². The van der Waals surface area contributed by atoms with Crippen molar-refractivity contribution >= 4 is 11.6 Å². The minimum Gasteiger partial charge on any atom is -0.350 e. The summed E-state index contributed by atoms with van der Waals surface area (Å²) in [6.45, 7) is 6.15. The van der Waals surface area contributed by atoms with E-state index in [1.807, 2.05) is 20.8 Å². The highest BCUT2D eigenvalue weighted by Crippen LogP contribution is 2.29. The van der Waals surface area contributed by atoms with E-state index in [1.54, 1.807) is 0 Å². The van der Waals surface area contributed by atoms with Crippen molar-refractivity contribution in [1.82, 2.24) is 14.7 Å². The average Bonchev–Trinajstić information content (AvgIpc) is 2.81. The molecule has 0 aliphatic heterocycles. The Hall–Kier alpha value is -2.05. The van der Waals surface area contributed by atoms with Gasteiger partial charge in [-0.3, -0.25) is 9.20 Å². The molecule has 0 radical (unpaired) electrons. The molecule has 0 spiro atoms. The van der Waals surface area contributed by atoms with E-state index in [0.29, 0.717) is 24.3 Å². The number of nitrogens with one attached hydrogen (secondary N) is 1. The van der Waals surface area contributed by atoms with Crippen molar-refractivity contribution in [2.75, 3.05) is 6.54 Å². The summed E-state index contributed by atoms with van der Waals surface area (Å²) in [5.74, 6) is -0.156. The van der Waals surface area contributed by atoms with Gasteiger partial charge in [-0.05, 0) is 24.5 Å².